The monoisotopic (exact) mass is 296 g/mol. The van der Waals surface area contributed by atoms with Crippen molar-refractivity contribution in [3.63, 3.8) is 0 Å². The minimum absolute atomic E-state index is 0.273. The van der Waals surface area contributed by atoms with E-state index >= 15 is 0 Å². The Hall–Kier alpha value is -1.53. The SMILES string of the molecule is CCN(c1ccccc1C)S(=O)(=O)c1cc(N)cs1. The number of nitrogens with two attached hydrogens (primary N) is 1. The van der Waals surface area contributed by atoms with E-state index in [2.05, 4.69) is 0 Å². The Balaban J connectivity index is 2.51. The van der Waals surface area contributed by atoms with Crippen LogP contribution in [-0.2, 0) is 10.0 Å². The molecule has 0 bridgehead atoms. The van der Waals surface area contributed by atoms with E-state index < -0.39 is 10.0 Å². The lowest BCUT2D eigenvalue weighted by Crippen LogP contribution is -2.30. The predicted octanol–water partition coefficient (Wildman–Crippen LogP) is 2.85. The van der Waals surface area contributed by atoms with E-state index in [0.29, 0.717) is 17.9 Å². The van der Waals surface area contributed by atoms with E-state index in [1.807, 2.05) is 38.1 Å². The van der Waals surface area contributed by atoms with Gasteiger partial charge in [0.05, 0.1) is 5.69 Å². The van der Waals surface area contributed by atoms with E-state index in [1.165, 1.54) is 10.4 Å². The Kier molecular flexibility index (Phi) is 3.82. The van der Waals surface area contributed by atoms with Crippen LogP contribution in [0.3, 0.4) is 0 Å². The van der Waals surface area contributed by atoms with Gasteiger partial charge < -0.3 is 5.73 Å². The molecule has 1 heterocycles. The highest BCUT2D eigenvalue weighted by Crippen LogP contribution is 2.30. The third-order valence-electron chi connectivity index (χ3n) is 2.81. The molecule has 2 aromatic rings. The van der Waals surface area contributed by atoms with Gasteiger partial charge in [0.25, 0.3) is 10.0 Å². The normalized spacial score (nSPS) is 11.5. The quantitative estimate of drug-likeness (QED) is 0.943. The third kappa shape index (κ3) is 2.59. The molecule has 4 nitrogen and oxygen atoms in total. The third-order valence-corrected chi connectivity index (χ3v) is 6.13. The number of nitrogen functional groups attached to an aromatic ring is 1. The molecule has 0 aliphatic carbocycles. The average Bonchev–Trinajstić information content (AvgIpc) is 2.80. The fourth-order valence-corrected chi connectivity index (χ4v) is 4.62. The highest BCUT2D eigenvalue weighted by atomic mass is 32.2. The van der Waals surface area contributed by atoms with Gasteiger partial charge in [-0.1, -0.05) is 18.2 Å². The number of nitrogens with zero attached hydrogens (tertiary/aromatic N) is 1. The van der Waals surface area contributed by atoms with Crippen molar-refractivity contribution >= 4 is 32.7 Å². The summed E-state index contributed by atoms with van der Waals surface area (Å²) in [5.41, 5.74) is 7.72. The number of thiophene rings is 1. The zero-order valence-electron chi connectivity index (χ0n) is 10.8. The molecule has 1 aromatic carbocycles. The molecule has 0 unspecified atom stereocenters. The number of anilines is 2. The lowest BCUT2D eigenvalue weighted by molar-refractivity contribution is 0.594. The summed E-state index contributed by atoms with van der Waals surface area (Å²) in [6.07, 6.45) is 0. The zero-order chi connectivity index (χ0) is 14.0. The number of aryl methyl sites for hydroxylation is 1. The number of benzene rings is 1. The van der Waals surface area contributed by atoms with Crippen LogP contribution >= 0.6 is 11.3 Å². The van der Waals surface area contributed by atoms with Gasteiger partial charge in [-0.3, -0.25) is 4.31 Å². The first-order chi connectivity index (χ1) is 8.96. The molecule has 0 saturated carbocycles. The lowest BCUT2D eigenvalue weighted by Gasteiger charge is -2.23. The molecular weight excluding hydrogens is 280 g/mol. The molecule has 1 aromatic heterocycles. The van der Waals surface area contributed by atoms with E-state index in [-0.39, 0.29) is 4.21 Å². The molecule has 0 spiro atoms. The number of sulfonamides is 1. The van der Waals surface area contributed by atoms with Gasteiger partial charge in [0.15, 0.2) is 0 Å². The predicted molar refractivity (Wildman–Crippen MR) is 80.1 cm³/mol. The van der Waals surface area contributed by atoms with Crippen molar-refractivity contribution < 1.29 is 8.42 Å². The number of hydrogen-bond acceptors (Lipinski definition) is 4. The van der Waals surface area contributed by atoms with Crippen molar-refractivity contribution in [1.82, 2.24) is 0 Å². The van der Waals surface area contributed by atoms with E-state index in [4.69, 9.17) is 5.73 Å². The molecule has 0 aliphatic heterocycles. The summed E-state index contributed by atoms with van der Waals surface area (Å²) in [5.74, 6) is 0. The first-order valence-electron chi connectivity index (χ1n) is 5.89. The second-order valence-electron chi connectivity index (χ2n) is 4.16. The first-order valence-corrected chi connectivity index (χ1v) is 8.21. The van der Waals surface area contributed by atoms with Crippen LogP contribution in [0.4, 0.5) is 11.4 Å². The Morgan fingerprint density at radius 3 is 2.53 bits per heavy atom. The topological polar surface area (TPSA) is 63.4 Å². The Bertz CT molecular complexity index is 677. The van der Waals surface area contributed by atoms with E-state index in [9.17, 15) is 8.42 Å². The maximum Gasteiger partial charge on any atom is 0.273 e. The Labute approximate surface area is 117 Å². The summed E-state index contributed by atoms with van der Waals surface area (Å²) < 4.78 is 26.9. The van der Waals surface area contributed by atoms with Gasteiger partial charge >= 0.3 is 0 Å². The summed E-state index contributed by atoms with van der Waals surface area (Å²) in [4.78, 5) is 0. The Morgan fingerprint density at radius 1 is 1.32 bits per heavy atom. The van der Waals surface area contributed by atoms with Crippen LogP contribution in [0.1, 0.15) is 12.5 Å². The molecule has 0 saturated heterocycles. The van der Waals surface area contributed by atoms with Crippen molar-refractivity contribution in [2.45, 2.75) is 18.1 Å². The second kappa shape index (κ2) is 5.22. The van der Waals surface area contributed by atoms with E-state index in [0.717, 1.165) is 16.9 Å². The largest absolute Gasteiger partial charge is 0.398 e. The van der Waals surface area contributed by atoms with Crippen LogP contribution < -0.4 is 10.0 Å². The maximum atomic E-state index is 12.6. The van der Waals surface area contributed by atoms with Gasteiger partial charge in [-0.25, -0.2) is 8.42 Å². The molecule has 0 fully saturated rings. The van der Waals surface area contributed by atoms with Crippen LogP contribution in [0, 0.1) is 6.92 Å². The average molecular weight is 296 g/mol. The van der Waals surface area contributed by atoms with Crippen LogP contribution in [0.25, 0.3) is 0 Å². The smallest absolute Gasteiger partial charge is 0.273 e. The summed E-state index contributed by atoms with van der Waals surface area (Å²) in [5, 5.41) is 1.64. The van der Waals surface area contributed by atoms with Gasteiger partial charge in [-0.2, -0.15) is 0 Å². The highest BCUT2D eigenvalue weighted by molar-refractivity contribution is 7.94. The first kappa shape index (κ1) is 13.9. The van der Waals surface area contributed by atoms with Gasteiger partial charge in [0, 0.05) is 17.6 Å². The van der Waals surface area contributed by atoms with Crippen molar-refractivity contribution in [3.05, 3.63) is 41.3 Å². The Morgan fingerprint density at radius 2 is 2.00 bits per heavy atom. The number of hydrogen-bond donors (Lipinski definition) is 1. The van der Waals surface area contributed by atoms with E-state index in [1.54, 1.807) is 5.38 Å². The fraction of sp³-hybridized carbons (Fsp3) is 0.231. The van der Waals surface area contributed by atoms with Gasteiger partial charge in [0.2, 0.25) is 0 Å². The van der Waals surface area contributed by atoms with Crippen LogP contribution in [-0.4, -0.2) is 15.0 Å². The summed E-state index contributed by atoms with van der Waals surface area (Å²) >= 11 is 1.15. The van der Waals surface area contributed by atoms with Gasteiger partial charge in [0.1, 0.15) is 4.21 Å². The van der Waals surface area contributed by atoms with Crippen molar-refractivity contribution in [3.8, 4) is 0 Å². The fourth-order valence-electron chi connectivity index (χ4n) is 1.89. The summed E-state index contributed by atoms with van der Waals surface area (Å²) in [6, 6.07) is 8.94. The minimum Gasteiger partial charge on any atom is -0.398 e. The lowest BCUT2D eigenvalue weighted by atomic mass is 10.2. The van der Waals surface area contributed by atoms with Gasteiger partial charge in [-0.05, 0) is 31.5 Å². The summed E-state index contributed by atoms with van der Waals surface area (Å²) in [7, 11) is -3.53. The summed E-state index contributed by atoms with van der Waals surface area (Å²) in [6.45, 7) is 4.10. The number of para-hydroxylation sites is 1. The molecule has 2 N–H and O–H groups in total. The number of rotatable bonds is 4. The molecule has 0 atom stereocenters. The van der Waals surface area contributed by atoms with Crippen molar-refractivity contribution in [2.75, 3.05) is 16.6 Å². The molecule has 102 valence electrons. The van der Waals surface area contributed by atoms with Crippen LogP contribution in [0.5, 0.6) is 0 Å². The molecule has 0 aliphatic rings. The standard InChI is InChI=1S/C13H16N2O2S2/c1-3-15(12-7-5-4-6-10(12)2)19(16,17)13-8-11(14)9-18-13/h4-9H,3,14H2,1-2H3. The molecule has 6 heteroatoms. The molecule has 2 rings (SSSR count). The van der Waals surface area contributed by atoms with Crippen molar-refractivity contribution in [2.24, 2.45) is 0 Å². The highest BCUT2D eigenvalue weighted by Gasteiger charge is 2.25. The molecule has 0 radical (unpaired) electrons. The van der Waals surface area contributed by atoms with Crippen LogP contribution in [0.15, 0.2) is 39.9 Å². The minimum atomic E-state index is -3.53. The molecule has 0 amide bonds. The molecule has 19 heavy (non-hydrogen) atoms. The second-order valence-corrected chi connectivity index (χ2v) is 7.16. The van der Waals surface area contributed by atoms with Crippen molar-refractivity contribution in [1.29, 1.82) is 0 Å². The van der Waals surface area contributed by atoms with Gasteiger partial charge in [-0.15, -0.1) is 11.3 Å². The maximum absolute atomic E-state index is 12.6. The molecular formula is C13H16N2O2S2. The zero-order valence-corrected chi connectivity index (χ0v) is 12.5. The van der Waals surface area contributed by atoms with Crippen LogP contribution in [0.2, 0.25) is 0 Å².